The third-order valence-corrected chi connectivity index (χ3v) is 5.23. The molecule has 3 heterocycles. The third-order valence-electron chi connectivity index (χ3n) is 5.23. The van der Waals surface area contributed by atoms with Gasteiger partial charge in [-0.1, -0.05) is 0 Å². The predicted molar refractivity (Wildman–Crippen MR) is 111 cm³/mol. The molecule has 0 bridgehead atoms. The molecule has 184 valence electrons. The van der Waals surface area contributed by atoms with Gasteiger partial charge >= 0.3 is 12.5 Å². The van der Waals surface area contributed by atoms with E-state index in [1.54, 1.807) is 19.9 Å². The number of H-pyrrole nitrogens is 1. The first-order valence-corrected chi connectivity index (χ1v) is 10.6. The maximum Gasteiger partial charge on any atom is 0.522 e. The van der Waals surface area contributed by atoms with Gasteiger partial charge in [0, 0.05) is 36.1 Å². The van der Waals surface area contributed by atoms with Crippen molar-refractivity contribution in [2.24, 2.45) is 0 Å². The Morgan fingerprint density at radius 1 is 1.32 bits per heavy atom. The molecule has 3 aromatic heterocycles. The minimum atomic E-state index is -4.77. The van der Waals surface area contributed by atoms with Crippen LogP contribution in [-0.4, -0.2) is 55.6 Å². The lowest BCUT2D eigenvalue weighted by molar-refractivity contribution is -0.330. The number of hydrogen-bond donors (Lipinski definition) is 3. The Hall–Kier alpha value is -3.42. The molecule has 3 atom stereocenters. The normalized spacial score (nSPS) is 20.7. The second-order valence-corrected chi connectivity index (χ2v) is 8.18. The third kappa shape index (κ3) is 5.55. The van der Waals surface area contributed by atoms with Crippen molar-refractivity contribution in [3.05, 3.63) is 35.9 Å². The van der Waals surface area contributed by atoms with Crippen LogP contribution in [0, 0.1) is 0 Å². The van der Waals surface area contributed by atoms with Crippen molar-refractivity contribution in [1.82, 2.24) is 30.1 Å². The summed E-state index contributed by atoms with van der Waals surface area (Å²) in [5, 5.41) is 16.5. The highest BCUT2D eigenvalue weighted by molar-refractivity contribution is 5.72. The van der Waals surface area contributed by atoms with Gasteiger partial charge in [0.25, 0.3) is 0 Å². The molecule has 1 amide bonds. The molecule has 1 aliphatic rings. The van der Waals surface area contributed by atoms with Crippen LogP contribution in [-0.2, 0) is 16.1 Å². The van der Waals surface area contributed by atoms with Crippen LogP contribution < -0.4 is 10.6 Å². The van der Waals surface area contributed by atoms with E-state index >= 15 is 0 Å². The van der Waals surface area contributed by atoms with Crippen LogP contribution in [0.1, 0.15) is 44.0 Å². The Balaban J connectivity index is 1.43. The first-order valence-electron chi connectivity index (χ1n) is 10.6. The van der Waals surface area contributed by atoms with Gasteiger partial charge in [0.2, 0.25) is 0 Å². The average molecular weight is 485 g/mol. The highest BCUT2D eigenvalue weighted by Crippen LogP contribution is 2.38. The van der Waals surface area contributed by atoms with Gasteiger partial charge in [-0.2, -0.15) is 10.2 Å². The molecular formula is C20H23F4N7O3. The number of amides is 1. The van der Waals surface area contributed by atoms with E-state index < -0.39 is 37.3 Å². The molecule has 3 N–H and O–H groups in total. The Bertz CT molecular complexity index is 1150. The number of anilines is 2. The van der Waals surface area contributed by atoms with Gasteiger partial charge in [-0.3, -0.25) is 9.84 Å². The van der Waals surface area contributed by atoms with Crippen molar-refractivity contribution in [1.29, 1.82) is 0 Å². The molecule has 14 heteroatoms. The number of nitrogens with one attached hydrogen (secondary N) is 3. The molecular weight excluding hydrogens is 462 g/mol. The Kier molecular flexibility index (Phi) is 6.59. The number of halogens is 4. The summed E-state index contributed by atoms with van der Waals surface area (Å²) in [5.41, 5.74) is 0.988. The summed E-state index contributed by atoms with van der Waals surface area (Å²) in [6, 6.07) is 2.90. The van der Waals surface area contributed by atoms with Crippen molar-refractivity contribution in [3.8, 4) is 0 Å². The first kappa shape index (κ1) is 23.7. The lowest BCUT2D eigenvalue weighted by Crippen LogP contribution is -2.36. The van der Waals surface area contributed by atoms with Crippen LogP contribution in [0.5, 0.6) is 0 Å². The number of aromatic nitrogens is 5. The fraction of sp³-hybridized carbons (Fsp3) is 0.500. The molecule has 0 radical (unpaired) electrons. The zero-order valence-corrected chi connectivity index (χ0v) is 18.3. The lowest BCUT2D eigenvalue weighted by Gasteiger charge is -2.18. The molecule has 0 aromatic carbocycles. The van der Waals surface area contributed by atoms with E-state index in [4.69, 9.17) is 4.74 Å². The molecule has 0 spiro atoms. The first-order chi connectivity index (χ1) is 16.1. The van der Waals surface area contributed by atoms with Crippen molar-refractivity contribution in [2.75, 3.05) is 5.32 Å². The molecule has 1 saturated carbocycles. The number of fused-ring (bicyclic) bond motifs is 1. The Morgan fingerprint density at radius 2 is 2.12 bits per heavy atom. The topological polar surface area (TPSA) is 118 Å². The zero-order chi connectivity index (χ0) is 24.5. The summed E-state index contributed by atoms with van der Waals surface area (Å²) in [6.07, 6.45) is -3.95. The molecule has 34 heavy (non-hydrogen) atoms. The van der Waals surface area contributed by atoms with Crippen LogP contribution in [0.15, 0.2) is 24.5 Å². The van der Waals surface area contributed by atoms with E-state index in [-0.39, 0.29) is 11.7 Å². The standard InChI is InChI=1S/C20H23F4N7O3/c1-10(2)26-19(32)34-15-4-3-12(17(15)21)13-8-16(29-28-13)27-18-14-7-11(9-33-20(22,23)24)30-31(14)6-5-25-18/h5-8,10,12,15,17H,3-4,9H2,1-2H3,(H,26,32)(H2,25,27,28,29)/t12-,15-,17+/m1/s1. The van der Waals surface area contributed by atoms with Gasteiger partial charge in [0.1, 0.15) is 24.4 Å². The van der Waals surface area contributed by atoms with Crippen molar-refractivity contribution in [3.63, 3.8) is 0 Å². The second-order valence-electron chi connectivity index (χ2n) is 8.18. The summed E-state index contributed by atoms with van der Waals surface area (Å²) in [4.78, 5) is 16.0. The zero-order valence-electron chi connectivity index (χ0n) is 18.3. The molecule has 4 rings (SSSR count). The summed E-state index contributed by atoms with van der Waals surface area (Å²) < 4.78 is 62.3. The minimum absolute atomic E-state index is 0.0647. The minimum Gasteiger partial charge on any atom is -0.443 e. The SMILES string of the molecule is CC(C)NC(=O)O[C@@H]1CC[C@H](c2cc(Nc3nccn4nc(COC(F)(F)F)cc34)n[nH]2)[C@@H]1F. The van der Waals surface area contributed by atoms with Crippen LogP contribution >= 0.6 is 0 Å². The predicted octanol–water partition coefficient (Wildman–Crippen LogP) is 3.95. The number of carbonyl (C=O) groups is 1. The van der Waals surface area contributed by atoms with Crippen molar-refractivity contribution < 1.29 is 31.8 Å². The van der Waals surface area contributed by atoms with Crippen molar-refractivity contribution >= 4 is 23.2 Å². The fourth-order valence-corrected chi connectivity index (χ4v) is 3.79. The Morgan fingerprint density at radius 3 is 2.85 bits per heavy atom. The van der Waals surface area contributed by atoms with E-state index in [1.807, 2.05) is 0 Å². The lowest BCUT2D eigenvalue weighted by atomic mass is 10.0. The molecule has 1 aliphatic carbocycles. The molecule has 3 aromatic rings. The number of ether oxygens (including phenoxy) is 2. The van der Waals surface area contributed by atoms with E-state index in [0.717, 1.165) is 0 Å². The van der Waals surface area contributed by atoms with Crippen molar-refractivity contribution in [2.45, 2.75) is 63.9 Å². The Labute approximate surface area is 191 Å². The van der Waals surface area contributed by atoms with E-state index in [9.17, 15) is 22.4 Å². The number of alkyl carbamates (subject to hydrolysis) is 1. The maximum atomic E-state index is 15.0. The summed E-state index contributed by atoms with van der Waals surface area (Å²) in [7, 11) is 0. The summed E-state index contributed by atoms with van der Waals surface area (Å²) >= 11 is 0. The number of hydrogen-bond acceptors (Lipinski definition) is 7. The highest BCUT2D eigenvalue weighted by atomic mass is 19.4. The smallest absolute Gasteiger partial charge is 0.443 e. The van der Waals surface area contributed by atoms with Gasteiger partial charge < -0.3 is 15.4 Å². The molecule has 10 nitrogen and oxygen atoms in total. The van der Waals surface area contributed by atoms with Crippen LogP contribution in [0.4, 0.5) is 34.0 Å². The van der Waals surface area contributed by atoms with E-state index in [0.29, 0.717) is 35.7 Å². The average Bonchev–Trinajstić information content (AvgIpc) is 3.45. The number of alkyl halides is 4. The summed E-state index contributed by atoms with van der Waals surface area (Å²) in [5.74, 6) is 0.0878. The van der Waals surface area contributed by atoms with Gasteiger partial charge in [-0.25, -0.2) is 18.7 Å². The number of carbonyl (C=O) groups excluding carboxylic acids is 1. The second kappa shape index (κ2) is 9.44. The van der Waals surface area contributed by atoms with Crippen LogP contribution in [0.3, 0.4) is 0 Å². The van der Waals surface area contributed by atoms with E-state index in [1.165, 1.54) is 23.0 Å². The summed E-state index contributed by atoms with van der Waals surface area (Å²) in [6.45, 7) is 2.82. The quantitative estimate of drug-likeness (QED) is 0.434. The molecule has 1 fully saturated rings. The molecule has 0 saturated heterocycles. The van der Waals surface area contributed by atoms with Crippen LogP contribution in [0.2, 0.25) is 0 Å². The molecule has 0 unspecified atom stereocenters. The highest BCUT2D eigenvalue weighted by Gasteiger charge is 2.41. The van der Waals surface area contributed by atoms with Gasteiger partial charge in [0.05, 0.1) is 5.69 Å². The maximum absolute atomic E-state index is 15.0. The number of nitrogens with zero attached hydrogens (tertiary/aromatic N) is 4. The van der Waals surface area contributed by atoms with Gasteiger partial charge in [-0.05, 0) is 32.8 Å². The van der Waals surface area contributed by atoms with E-state index in [2.05, 4.69) is 35.7 Å². The fourth-order valence-electron chi connectivity index (χ4n) is 3.79. The van der Waals surface area contributed by atoms with Gasteiger partial charge in [-0.15, -0.1) is 13.2 Å². The van der Waals surface area contributed by atoms with Gasteiger partial charge in [0.15, 0.2) is 11.6 Å². The molecule has 0 aliphatic heterocycles. The largest absolute Gasteiger partial charge is 0.522 e. The monoisotopic (exact) mass is 485 g/mol. The van der Waals surface area contributed by atoms with Crippen LogP contribution in [0.25, 0.3) is 5.52 Å². The number of aromatic amines is 1. The number of rotatable bonds is 7.